The minimum absolute atomic E-state index is 0.214. The summed E-state index contributed by atoms with van der Waals surface area (Å²) in [7, 11) is -3.19. The van der Waals surface area contributed by atoms with Gasteiger partial charge in [-0.05, 0) is 24.3 Å². The van der Waals surface area contributed by atoms with E-state index in [2.05, 4.69) is 15.2 Å². The summed E-state index contributed by atoms with van der Waals surface area (Å²) in [5, 5.41) is 15.3. The fourth-order valence-corrected chi connectivity index (χ4v) is 1.98. The molecular formula is C10H11N3O3S. The maximum atomic E-state index is 11.3. The highest BCUT2D eigenvalue weighted by Crippen LogP contribution is 2.17. The molecule has 1 aromatic heterocycles. The Morgan fingerprint density at radius 2 is 1.94 bits per heavy atom. The van der Waals surface area contributed by atoms with Gasteiger partial charge in [-0.3, -0.25) is 5.10 Å². The summed E-state index contributed by atoms with van der Waals surface area (Å²) >= 11 is 0. The van der Waals surface area contributed by atoms with Crippen LogP contribution in [0.4, 0.5) is 0 Å². The Hall–Kier alpha value is -1.73. The molecule has 0 unspecified atom stereocenters. The summed E-state index contributed by atoms with van der Waals surface area (Å²) in [6.07, 6.45) is 1.15. The van der Waals surface area contributed by atoms with Crippen LogP contribution in [0.5, 0.6) is 0 Å². The van der Waals surface area contributed by atoms with E-state index in [0.717, 1.165) is 6.26 Å². The van der Waals surface area contributed by atoms with Crippen molar-refractivity contribution in [2.24, 2.45) is 0 Å². The Balaban J connectivity index is 2.35. The lowest BCUT2D eigenvalue weighted by Gasteiger charge is -1.99. The second kappa shape index (κ2) is 4.27. The molecule has 0 aliphatic rings. The Labute approximate surface area is 98.3 Å². The molecule has 90 valence electrons. The van der Waals surface area contributed by atoms with Gasteiger partial charge in [0.05, 0.1) is 4.90 Å². The smallest absolute Gasteiger partial charge is 0.181 e. The number of hydrogen-bond donors (Lipinski definition) is 2. The van der Waals surface area contributed by atoms with Crippen molar-refractivity contribution in [2.45, 2.75) is 11.5 Å². The second-order valence-corrected chi connectivity index (χ2v) is 5.58. The number of aliphatic hydroxyl groups excluding tert-OH is 1. The van der Waals surface area contributed by atoms with Crippen molar-refractivity contribution in [1.29, 1.82) is 0 Å². The summed E-state index contributed by atoms with van der Waals surface area (Å²) in [6, 6.07) is 6.25. The molecule has 0 spiro atoms. The molecule has 0 radical (unpaired) electrons. The molecule has 2 aromatic rings. The topological polar surface area (TPSA) is 95.9 Å². The first-order valence-corrected chi connectivity index (χ1v) is 6.72. The first-order chi connectivity index (χ1) is 8.00. The summed E-state index contributed by atoms with van der Waals surface area (Å²) < 4.78 is 22.5. The van der Waals surface area contributed by atoms with Crippen LogP contribution in [-0.4, -0.2) is 35.0 Å². The first kappa shape index (κ1) is 11.7. The molecule has 17 heavy (non-hydrogen) atoms. The Morgan fingerprint density at radius 1 is 1.29 bits per heavy atom. The first-order valence-electron chi connectivity index (χ1n) is 4.83. The number of aromatic amines is 1. The van der Waals surface area contributed by atoms with Gasteiger partial charge in [-0.1, -0.05) is 0 Å². The molecule has 0 fully saturated rings. The van der Waals surface area contributed by atoms with E-state index in [1.807, 2.05) is 0 Å². The van der Waals surface area contributed by atoms with Gasteiger partial charge in [0.15, 0.2) is 21.5 Å². The van der Waals surface area contributed by atoms with Crippen LogP contribution in [0.2, 0.25) is 0 Å². The number of hydrogen-bond acceptors (Lipinski definition) is 5. The third-order valence-electron chi connectivity index (χ3n) is 2.22. The second-order valence-electron chi connectivity index (χ2n) is 3.56. The minimum Gasteiger partial charge on any atom is -0.388 e. The summed E-state index contributed by atoms with van der Waals surface area (Å²) in [4.78, 5) is 4.27. The summed E-state index contributed by atoms with van der Waals surface area (Å²) in [5.74, 6) is 0.793. The fourth-order valence-electron chi connectivity index (χ4n) is 1.35. The van der Waals surface area contributed by atoms with Crippen molar-refractivity contribution in [1.82, 2.24) is 15.2 Å². The predicted octanol–water partition coefficient (Wildman–Crippen LogP) is 0.368. The van der Waals surface area contributed by atoms with Gasteiger partial charge in [0.25, 0.3) is 0 Å². The fraction of sp³-hybridized carbons (Fsp3) is 0.200. The highest BCUT2D eigenvalue weighted by molar-refractivity contribution is 7.90. The number of H-pyrrole nitrogens is 1. The van der Waals surface area contributed by atoms with E-state index < -0.39 is 9.84 Å². The van der Waals surface area contributed by atoms with Gasteiger partial charge in [-0.25, -0.2) is 13.4 Å². The Morgan fingerprint density at radius 3 is 2.41 bits per heavy atom. The molecule has 0 aliphatic heterocycles. The van der Waals surface area contributed by atoms with Gasteiger partial charge in [-0.15, -0.1) is 0 Å². The minimum atomic E-state index is -3.19. The van der Waals surface area contributed by atoms with Crippen LogP contribution in [0, 0.1) is 0 Å². The lowest BCUT2D eigenvalue weighted by Crippen LogP contribution is -1.96. The number of benzene rings is 1. The third kappa shape index (κ3) is 2.51. The number of nitrogens with zero attached hydrogens (tertiary/aromatic N) is 2. The van der Waals surface area contributed by atoms with Crippen molar-refractivity contribution < 1.29 is 13.5 Å². The zero-order valence-electron chi connectivity index (χ0n) is 9.08. The van der Waals surface area contributed by atoms with Crippen LogP contribution in [0.3, 0.4) is 0 Å². The van der Waals surface area contributed by atoms with Gasteiger partial charge < -0.3 is 5.11 Å². The SMILES string of the molecule is CS(=O)(=O)c1ccc(-c2n[nH]c(CO)n2)cc1. The number of sulfone groups is 1. The van der Waals surface area contributed by atoms with Crippen LogP contribution in [0.1, 0.15) is 5.82 Å². The Kier molecular flexibility index (Phi) is 2.95. The molecular weight excluding hydrogens is 242 g/mol. The maximum Gasteiger partial charge on any atom is 0.181 e. The number of aliphatic hydroxyl groups is 1. The van der Waals surface area contributed by atoms with Gasteiger partial charge >= 0.3 is 0 Å². The maximum absolute atomic E-state index is 11.3. The molecule has 1 aromatic carbocycles. The van der Waals surface area contributed by atoms with Crippen LogP contribution < -0.4 is 0 Å². The molecule has 0 amide bonds. The highest BCUT2D eigenvalue weighted by atomic mass is 32.2. The largest absolute Gasteiger partial charge is 0.388 e. The lowest BCUT2D eigenvalue weighted by molar-refractivity contribution is 0.272. The number of rotatable bonds is 3. The molecule has 2 N–H and O–H groups in total. The van der Waals surface area contributed by atoms with Crippen molar-refractivity contribution in [3.05, 3.63) is 30.1 Å². The average Bonchev–Trinajstić information content (AvgIpc) is 2.76. The van der Waals surface area contributed by atoms with Crippen molar-refractivity contribution in [2.75, 3.05) is 6.26 Å². The highest BCUT2D eigenvalue weighted by Gasteiger charge is 2.09. The van der Waals surface area contributed by atoms with Crippen LogP contribution >= 0.6 is 0 Å². The predicted molar refractivity (Wildman–Crippen MR) is 60.9 cm³/mol. The molecule has 0 atom stereocenters. The third-order valence-corrected chi connectivity index (χ3v) is 3.35. The zero-order valence-corrected chi connectivity index (χ0v) is 9.90. The van der Waals surface area contributed by atoms with Gasteiger partial charge in [0, 0.05) is 11.8 Å². The molecule has 6 nitrogen and oxygen atoms in total. The van der Waals surface area contributed by atoms with Crippen molar-refractivity contribution >= 4 is 9.84 Å². The van der Waals surface area contributed by atoms with E-state index in [-0.39, 0.29) is 11.5 Å². The van der Waals surface area contributed by atoms with Crippen LogP contribution in [0.15, 0.2) is 29.2 Å². The standard InChI is InChI=1S/C10H11N3O3S/c1-17(15,16)8-4-2-7(3-5-8)10-11-9(6-14)12-13-10/h2-5,14H,6H2,1H3,(H,11,12,13). The average molecular weight is 253 g/mol. The van der Waals surface area contributed by atoms with E-state index in [4.69, 9.17) is 5.11 Å². The normalized spacial score (nSPS) is 11.6. The van der Waals surface area contributed by atoms with Gasteiger partial charge in [0.2, 0.25) is 0 Å². The van der Waals surface area contributed by atoms with E-state index in [9.17, 15) is 8.42 Å². The molecule has 2 rings (SSSR count). The lowest BCUT2D eigenvalue weighted by atomic mass is 10.2. The summed E-state index contributed by atoms with van der Waals surface area (Å²) in [5.41, 5.74) is 0.688. The van der Waals surface area contributed by atoms with Crippen LogP contribution in [-0.2, 0) is 16.4 Å². The van der Waals surface area contributed by atoms with E-state index in [0.29, 0.717) is 17.2 Å². The Bertz CT molecular complexity index is 617. The van der Waals surface area contributed by atoms with Crippen molar-refractivity contribution in [3.63, 3.8) is 0 Å². The molecule has 7 heteroatoms. The molecule has 1 heterocycles. The van der Waals surface area contributed by atoms with Crippen molar-refractivity contribution in [3.8, 4) is 11.4 Å². The van der Waals surface area contributed by atoms with Gasteiger partial charge in [0.1, 0.15) is 6.61 Å². The molecule has 0 aliphatic carbocycles. The summed E-state index contributed by atoms with van der Waals surface area (Å²) in [6.45, 7) is -0.214. The van der Waals surface area contributed by atoms with Crippen LogP contribution in [0.25, 0.3) is 11.4 Å². The number of nitrogens with one attached hydrogen (secondary N) is 1. The quantitative estimate of drug-likeness (QED) is 0.823. The monoisotopic (exact) mass is 253 g/mol. The molecule has 0 saturated carbocycles. The molecule has 0 saturated heterocycles. The van der Waals surface area contributed by atoms with E-state index in [1.54, 1.807) is 12.1 Å². The molecule has 0 bridgehead atoms. The van der Waals surface area contributed by atoms with E-state index >= 15 is 0 Å². The van der Waals surface area contributed by atoms with E-state index in [1.165, 1.54) is 12.1 Å². The number of aromatic nitrogens is 3. The zero-order chi connectivity index (χ0) is 12.5. The van der Waals surface area contributed by atoms with Gasteiger partial charge in [-0.2, -0.15) is 5.10 Å².